The molecule has 3 N–H and O–H groups in total. The van der Waals surface area contributed by atoms with Crippen LogP contribution < -0.4 is 42.6 Å². The van der Waals surface area contributed by atoms with Crippen molar-refractivity contribution < 1.29 is 96.0 Å². The van der Waals surface area contributed by atoms with Gasteiger partial charge in [-0.2, -0.15) is 0 Å². The van der Waals surface area contributed by atoms with Gasteiger partial charge in [0.2, 0.25) is 25.1 Å². The molecule has 14 atom stereocenters. The molecule has 20 heteroatoms. The Hall–Kier alpha value is -6.42. The van der Waals surface area contributed by atoms with Crippen LogP contribution in [0.1, 0.15) is 64.3 Å². The number of aromatic hydroxyl groups is 1. The molecule has 4 saturated heterocycles. The Morgan fingerprint density at radius 2 is 1.03 bits per heavy atom. The third-order valence-electron chi connectivity index (χ3n) is 15.0. The Bertz CT molecular complexity index is 2710. The zero-order chi connectivity index (χ0) is 48.3. The summed E-state index contributed by atoms with van der Waals surface area (Å²) in [6.45, 7) is 1.75. The standard InChI is InChI=1S/C50H50O20/c1-19-60-16-36-47(67-19)42(52)43(53)50(68-36)70-45-25-13-31-29(64-18-66-31)11-23(25)38(40-27(45)15-62-49(40)55)21-8-34(58-4)46(35(9-21)59-5)69-44-24-12-30-28(63-17-65-30)10-22(24)37(39-26(44)14-61-48(39)54)20-6-32(56-2)41(51)33(7-20)57-3/h6-13,19,26-27,36-40,42-45,47,50-53H,14-18H2,1-5H3/t19-,26+,27+,36-,37-,38-,39+,40+,42-,43-,44-,45-,47-,50+/m1/s1. The molecule has 4 fully saturated rings. The molecule has 0 spiro atoms. The monoisotopic (exact) mass is 970 g/mol. The van der Waals surface area contributed by atoms with E-state index in [4.69, 9.17) is 71.1 Å². The van der Waals surface area contributed by atoms with Crippen molar-refractivity contribution in [1.29, 1.82) is 0 Å². The van der Waals surface area contributed by atoms with Crippen molar-refractivity contribution in [1.82, 2.24) is 0 Å². The molecule has 370 valence electrons. The van der Waals surface area contributed by atoms with E-state index in [2.05, 4.69) is 0 Å². The number of benzene rings is 4. The van der Waals surface area contributed by atoms with Gasteiger partial charge < -0.3 is 86.4 Å². The number of esters is 2. The Morgan fingerprint density at radius 3 is 1.54 bits per heavy atom. The smallest absolute Gasteiger partial charge is 0.310 e. The second-order valence-corrected chi connectivity index (χ2v) is 18.4. The average Bonchev–Trinajstić information content (AvgIpc) is 4.20. The van der Waals surface area contributed by atoms with Gasteiger partial charge in [-0.3, -0.25) is 9.59 Å². The third kappa shape index (κ3) is 6.93. The SMILES string of the molecule is COc1cc([C@@H]2c3cc4c(cc3[C@@H](Oc3c(OC)cc([C@@H]5c6cc7c(cc6[C@@H](O[C@@H]6O[C@@H]8CO[C@@H](C)O[C@H]8[C@H](O)[C@H]6O)[C@H]6COC(=O)[C@H]56)OCO7)cc3OC)[C@H]3COC(=O)[C@H]23)OCO4)cc(OC)c1O. The summed E-state index contributed by atoms with van der Waals surface area (Å²) in [5.41, 5.74) is 3.87. The van der Waals surface area contributed by atoms with Gasteiger partial charge in [-0.05, 0) is 83.3 Å². The Balaban J connectivity index is 0.943. The third-order valence-corrected chi connectivity index (χ3v) is 15.0. The Labute approximate surface area is 399 Å². The number of phenolic OH excluding ortho intramolecular Hbond substituents is 1. The molecule has 4 aromatic rings. The fraction of sp³-hybridized carbons (Fsp3) is 0.480. The second kappa shape index (κ2) is 17.2. The van der Waals surface area contributed by atoms with E-state index in [1.807, 2.05) is 18.2 Å². The molecular formula is C50H50O20. The van der Waals surface area contributed by atoms with Gasteiger partial charge >= 0.3 is 11.9 Å². The Kier molecular flexibility index (Phi) is 11.0. The molecule has 6 heterocycles. The van der Waals surface area contributed by atoms with E-state index in [-0.39, 0.29) is 67.9 Å². The van der Waals surface area contributed by atoms with Crippen molar-refractivity contribution in [2.75, 3.05) is 61.8 Å². The highest BCUT2D eigenvalue weighted by Crippen LogP contribution is 2.60. The van der Waals surface area contributed by atoms with Gasteiger partial charge in [0, 0.05) is 29.2 Å². The van der Waals surface area contributed by atoms with Crippen LogP contribution >= 0.6 is 0 Å². The molecule has 0 unspecified atom stereocenters. The summed E-state index contributed by atoms with van der Waals surface area (Å²) in [4.78, 5) is 28.1. The van der Waals surface area contributed by atoms with Crippen LogP contribution in [0, 0.1) is 23.7 Å². The molecule has 0 saturated carbocycles. The number of ether oxygens (including phenoxy) is 15. The average molecular weight is 971 g/mol. The minimum atomic E-state index is -1.51. The summed E-state index contributed by atoms with van der Waals surface area (Å²) in [5, 5.41) is 33.5. The summed E-state index contributed by atoms with van der Waals surface area (Å²) >= 11 is 0. The highest BCUT2D eigenvalue weighted by Gasteiger charge is 2.57. The first kappa shape index (κ1) is 44.8. The van der Waals surface area contributed by atoms with Crippen LogP contribution in [0.4, 0.5) is 0 Å². The molecule has 0 amide bonds. The van der Waals surface area contributed by atoms with Crippen LogP contribution in [0.25, 0.3) is 0 Å². The van der Waals surface area contributed by atoms with Crippen molar-refractivity contribution in [3.63, 3.8) is 0 Å². The molecule has 4 aromatic carbocycles. The lowest BCUT2D eigenvalue weighted by atomic mass is 9.66. The van der Waals surface area contributed by atoms with Gasteiger partial charge in [0.25, 0.3) is 0 Å². The van der Waals surface area contributed by atoms with E-state index in [0.29, 0.717) is 56.4 Å². The van der Waals surface area contributed by atoms with Crippen LogP contribution in [0.3, 0.4) is 0 Å². The second-order valence-electron chi connectivity index (χ2n) is 18.4. The minimum Gasteiger partial charge on any atom is -0.502 e. The number of aliphatic hydroxyl groups is 2. The van der Waals surface area contributed by atoms with Crippen molar-refractivity contribution in [3.8, 4) is 57.5 Å². The first-order valence-electron chi connectivity index (χ1n) is 23.0. The van der Waals surface area contributed by atoms with Crippen LogP contribution in [0.15, 0.2) is 48.5 Å². The van der Waals surface area contributed by atoms with Crippen molar-refractivity contribution in [2.24, 2.45) is 23.7 Å². The largest absolute Gasteiger partial charge is 0.502 e. The van der Waals surface area contributed by atoms with E-state index in [1.165, 1.54) is 28.4 Å². The normalized spacial score (nSPS) is 32.9. The van der Waals surface area contributed by atoms with E-state index in [1.54, 1.807) is 37.3 Å². The summed E-state index contributed by atoms with van der Waals surface area (Å²) in [6, 6.07) is 14.2. The number of aliphatic hydroxyl groups excluding tert-OH is 2. The van der Waals surface area contributed by atoms with Crippen molar-refractivity contribution in [2.45, 2.75) is 68.0 Å². The molecule has 6 aliphatic heterocycles. The number of carbonyl (C=O) groups is 2. The quantitative estimate of drug-likeness (QED) is 0.190. The number of fused-ring (bicyclic) bond motifs is 7. The molecule has 20 nitrogen and oxygen atoms in total. The van der Waals surface area contributed by atoms with Crippen molar-refractivity contribution >= 4 is 11.9 Å². The molecule has 70 heavy (non-hydrogen) atoms. The number of methoxy groups -OCH3 is 4. The first-order chi connectivity index (χ1) is 34.0. The highest BCUT2D eigenvalue weighted by atomic mass is 16.8. The van der Waals surface area contributed by atoms with Gasteiger partial charge in [-0.15, -0.1) is 0 Å². The maximum absolute atomic E-state index is 14.1. The van der Waals surface area contributed by atoms with E-state index in [0.717, 1.165) is 0 Å². The summed E-state index contributed by atoms with van der Waals surface area (Å²) in [5.74, 6) is -2.32. The molecule has 8 aliphatic rings. The molecule has 12 rings (SSSR count). The summed E-state index contributed by atoms with van der Waals surface area (Å²) < 4.78 is 89.8. The van der Waals surface area contributed by atoms with Crippen LogP contribution in [-0.4, -0.2) is 126 Å². The van der Waals surface area contributed by atoms with Gasteiger partial charge in [0.1, 0.15) is 30.5 Å². The number of carbonyl (C=O) groups excluding carboxylic acids is 2. The summed E-state index contributed by atoms with van der Waals surface area (Å²) in [6.07, 6.45) is -8.12. The fourth-order valence-corrected chi connectivity index (χ4v) is 11.7. The van der Waals surface area contributed by atoms with Gasteiger partial charge in [0.15, 0.2) is 58.6 Å². The number of phenols is 1. The van der Waals surface area contributed by atoms with E-state index >= 15 is 0 Å². The molecule has 0 bridgehead atoms. The lowest BCUT2D eigenvalue weighted by Gasteiger charge is -2.47. The Morgan fingerprint density at radius 1 is 0.557 bits per heavy atom. The van der Waals surface area contributed by atoms with E-state index in [9.17, 15) is 24.9 Å². The molecule has 2 aliphatic carbocycles. The van der Waals surface area contributed by atoms with Crippen LogP contribution in [-0.2, 0) is 38.0 Å². The predicted octanol–water partition coefficient (Wildman–Crippen LogP) is 4.14. The zero-order valence-electron chi connectivity index (χ0n) is 38.5. The minimum absolute atomic E-state index is 0.00757. The van der Waals surface area contributed by atoms with Crippen molar-refractivity contribution in [3.05, 3.63) is 81.9 Å². The highest BCUT2D eigenvalue weighted by molar-refractivity contribution is 5.80. The topological polar surface area (TPSA) is 233 Å². The number of rotatable bonds is 10. The number of hydrogen-bond acceptors (Lipinski definition) is 20. The van der Waals surface area contributed by atoms with Crippen LogP contribution in [0.2, 0.25) is 0 Å². The lowest BCUT2D eigenvalue weighted by molar-refractivity contribution is -0.364. The molecule has 0 radical (unpaired) electrons. The predicted molar refractivity (Wildman–Crippen MR) is 234 cm³/mol. The van der Waals surface area contributed by atoms with Gasteiger partial charge in [-0.25, -0.2) is 0 Å². The maximum atomic E-state index is 14.1. The van der Waals surface area contributed by atoms with Gasteiger partial charge in [-0.1, -0.05) is 0 Å². The first-order valence-corrected chi connectivity index (χ1v) is 23.0. The fourth-order valence-electron chi connectivity index (χ4n) is 11.7. The molecule has 0 aromatic heterocycles. The molecular weight excluding hydrogens is 921 g/mol. The van der Waals surface area contributed by atoms with Gasteiger partial charge in [0.05, 0.1) is 66.2 Å². The number of hydrogen-bond donors (Lipinski definition) is 3. The van der Waals surface area contributed by atoms with Crippen LogP contribution in [0.5, 0.6) is 57.5 Å². The van der Waals surface area contributed by atoms with E-state index < -0.39 is 96.6 Å². The maximum Gasteiger partial charge on any atom is 0.310 e. The number of cyclic esters (lactones) is 2. The lowest BCUT2D eigenvalue weighted by Crippen LogP contribution is -2.63. The zero-order valence-corrected chi connectivity index (χ0v) is 38.5. The summed E-state index contributed by atoms with van der Waals surface area (Å²) in [7, 11) is 5.85.